The van der Waals surface area contributed by atoms with E-state index < -0.39 is 0 Å². The minimum atomic E-state index is 0.313. The minimum Gasteiger partial charge on any atom is -0.512 e. The summed E-state index contributed by atoms with van der Waals surface area (Å²) < 4.78 is 11.4. The molecule has 1 aromatic carbocycles. The highest BCUT2D eigenvalue weighted by molar-refractivity contribution is 5.52. The van der Waals surface area contributed by atoms with Crippen molar-refractivity contribution in [3.8, 4) is 11.5 Å². The Balaban J connectivity index is 1.41. The molecule has 2 N–H and O–H groups in total. The molecule has 2 aromatic rings. The lowest BCUT2D eigenvalue weighted by molar-refractivity contribution is 0.122. The number of anilines is 2. The fourth-order valence-electron chi connectivity index (χ4n) is 3.09. The number of nitrogens with zero attached hydrogens (tertiary/aromatic N) is 2. The SMILES string of the molecule is OC1=CC(Nc2ccc(Oc3cccc(N4CCOCC4)c3)cn2)=CC=CC1. The molecule has 6 nitrogen and oxygen atoms in total. The van der Waals surface area contributed by atoms with Crippen molar-refractivity contribution < 1.29 is 14.6 Å². The minimum absolute atomic E-state index is 0.313. The highest BCUT2D eigenvalue weighted by Crippen LogP contribution is 2.27. The first kappa shape index (κ1) is 18.1. The van der Waals surface area contributed by atoms with E-state index in [1.165, 1.54) is 0 Å². The van der Waals surface area contributed by atoms with Crippen LogP contribution in [-0.4, -0.2) is 36.4 Å². The Labute approximate surface area is 164 Å². The lowest BCUT2D eigenvalue weighted by Crippen LogP contribution is -2.36. The van der Waals surface area contributed by atoms with E-state index in [1.807, 2.05) is 48.6 Å². The predicted molar refractivity (Wildman–Crippen MR) is 110 cm³/mol. The fraction of sp³-hybridized carbons (Fsp3) is 0.227. The summed E-state index contributed by atoms with van der Waals surface area (Å²) >= 11 is 0. The second-order valence-corrected chi connectivity index (χ2v) is 6.59. The summed E-state index contributed by atoms with van der Waals surface area (Å²) in [5.41, 5.74) is 1.91. The monoisotopic (exact) mass is 377 g/mol. The van der Waals surface area contributed by atoms with Crippen molar-refractivity contribution in [2.24, 2.45) is 0 Å². The van der Waals surface area contributed by atoms with Gasteiger partial charge in [-0.3, -0.25) is 0 Å². The summed E-state index contributed by atoms with van der Waals surface area (Å²) in [6, 6.07) is 11.8. The molecule has 4 rings (SSSR count). The van der Waals surface area contributed by atoms with Gasteiger partial charge in [-0.2, -0.15) is 0 Å². The average molecular weight is 377 g/mol. The molecule has 1 fully saturated rings. The third-order valence-electron chi connectivity index (χ3n) is 4.50. The molecular weight excluding hydrogens is 354 g/mol. The molecule has 0 saturated carbocycles. The van der Waals surface area contributed by atoms with Crippen LogP contribution in [0.15, 0.2) is 78.4 Å². The van der Waals surface area contributed by atoms with Crippen LogP contribution in [0, 0.1) is 0 Å². The van der Waals surface area contributed by atoms with Gasteiger partial charge in [0.2, 0.25) is 0 Å². The van der Waals surface area contributed by atoms with Gasteiger partial charge in [0.25, 0.3) is 0 Å². The van der Waals surface area contributed by atoms with Crippen LogP contribution in [-0.2, 0) is 4.74 Å². The number of ether oxygens (including phenoxy) is 2. The highest BCUT2D eigenvalue weighted by atomic mass is 16.5. The number of allylic oxidation sites excluding steroid dienone is 4. The van der Waals surface area contributed by atoms with Gasteiger partial charge < -0.3 is 24.8 Å². The zero-order valence-corrected chi connectivity index (χ0v) is 15.5. The van der Waals surface area contributed by atoms with Gasteiger partial charge in [-0.1, -0.05) is 18.2 Å². The maximum absolute atomic E-state index is 9.74. The Hall–Kier alpha value is -3.25. The number of pyridine rings is 1. The number of aliphatic hydroxyl groups is 1. The third-order valence-corrected chi connectivity index (χ3v) is 4.50. The lowest BCUT2D eigenvalue weighted by Gasteiger charge is -2.29. The molecule has 1 saturated heterocycles. The quantitative estimate of drug-likeness (QED) is 0.805. The van der Waals surface area contributed by atoms with Crippen molar-refractivity contribution >= 4 is 11.5 Å². The van der Waals surface area contributed by atoms with E-state index in [0.717, 1.165) is 43.4 Å². The van der Waals surface area contributed by atoms with Gasteiger partial charge in [0.1, 0.15) is 17.3 Å². The van der Waals surface area contributed by atoms with Gasteiger partial charge in [0, 0.05) is 37.0 Å². The fourth-order valence-corrected chi connectivity index (χ4v) is 3.09. The summed E-state index contributed by atoms with van der Waals surface area (Å²) in [6.45, 7) is 3.28. The van der Waals surface area contributed by atoms with Crippen molar-refractivity contribution in [1.82, 2.24) is 4.98 Å². The van der Waals surface area contributed by atoms with Crippen LogP contribution in [0.5, 0.6) is 11.5 Å². The summed E-state index contributed by atoms with van der Waals surface area (Å²) in [5, 5.41) is 12.9. The van der Waals surface area contributed by atoms with Crippen molar-refractivity contribution in [1.29, 1.82) is 0 Å². The Morgan fingerprint density at radius 3 is 2.82 bits per heavy atom. The zero-order chi connectivity index (χ0) is 19.2. The van der Waals surface area contributed by atoms with Crippen LogP contribution in [0.1, 0.15) is 6.42 Å². The number of nitrogens with one attached hydrogen (secondary N) is 1. The van der Waals surface area contributed by atoms with Crippen LogP contribution in [0.3, 0.4) is 0 Å². The molecule has 0 bridgehead atoms. The summed E-state index contributed by atoms with van der Waals surface area (Å²) in [7, 11) is 0. The van der Waals surface area contributed by atoms with Gasteiger partial charge >= 0.3 is 0 Å². The van der Waals surface area contributed by atoms with E-state index in [4.69, 9.17) is 9.47 Å². The molecule has 1 aromatic heterocycles. The molecule has 1 aliphatic carbocycles. The number of benzene rings is 1. The maximum Gasteiger partial charge on any atom is 0.145 e. The topological polar surface area (TPSA) is 66.8 Å². The van der Waals surface area contributed by atoms with Crippen LogP contribution in [0.4, 0.5) is 11.5 Å². The van der Waals surface area contributed by atoms with Crippen molar-refractivity contribution in [3.05, 3.63) is 78.4 Å². The molecule has 6 heteroatoms. The van der Waals surface area contributed by atoms with E-state index in [0.29, 0.717) is 23.7 Å². The lowest BCUT2D eigenvalue weighted by atomic mass is 10.2. The van der Waals surface area contributed by atoms with E-state index >= 15 is 0 Å². The summed E-state index contributed by atoms with van der Waals surface area (Å²) in [5.74, 6) is 2.43. The summed E-state index contributed by atoms with van der Waals surface area (Å²) in [6.07, 6.45) is 9.61. The van der Waals surface area contributed by atoms with Crippen LogP contribution < -0.4 is 15.0 Å². The first-order valence-electron chi connectivity index (χ1n) is 9.36. The Morgan fingerprint density at radius 1 is 1.11 bits per heavy atom. The van der Waals surface area contributed by atoms with Crippen molar-refractivity contribution in [2.75, 3.05) is 36.5 Å². The number of hydrogen-bond acceptors (Lipinski definition) is 6. The smallest absolute Gasteiger partial charge is 0.145 e. The number of hydrogen-bond donors (Lipinski definition) is 2. The standard InChI is InChI=1S/C22H23N3O3/c26-19-6-2-1-4-17(14-19)24-22-9-8-21(16-23-22)28-20-7-3-5-18(15-20)25-10-12-27-13-11-25/h1-5,7-9,14-16,26H,6,10-13H2,(H,23,24). The third kappa shape index (κ3) is 4.72. The number of rotatable bonds is 5. The van der Waals surface area contributed by atoms with Gasteiger partial charge in [-0.15, -0.1) is 0 Å². The first-order chi connectivity index (χ1) is 13.8. The Morgan fingerprint density at radius 2 is 2.00 bits per heavy atom. The molecule has 2 heterocycles. The number of aromatic nitrogens is 1. The molecule has 2 aliphatic rings. The van der Waals surface area contributed by atoms with E-state index in [1.54, 1.807) is 12.3 Å². The van der Waals surface area contributed by atoms with Gasteiger partial charge in [-0.05, 0) is 36.4 Å². The molecule has 0 radical (unpaired) electrons. The number of morpholine rings is 1. The normalized spacial score (nSPS) is 16.8. The van der Waals surface area contributed by atoms with E-state index in [-0.39, 0.29) is 0 Å². The molecule has 1 aliphatic heterocycles. The van der Waals surface area contributed by atoms with Crippen LogP contribution in [0.2, 0.25) is 0 Å². The van der Waals surface area contributed by atoms with E-state index in [9.17, 15) is 5.11 Å². The maximum atomic E-state index is 9.74. The number of aliphatic hydroxyl groups excluding tert-OH is 1. The summed E-state index contributed by atoms with van der Waals surface area (Å²) in [4.78, 5) is 6.69. The van der Waals surface area contributed by atoms with Crippen molar-refractivity contribution in [3.63, 3.8) is 0 Å². The Bertz CT molecular complexity index is 897. The zero-order valence-electron chi connectivity index (χ0n) is 15.5. The van der Waals surface area contributed by atoms with Crippen molar-refractivity contribution in [2.45, 2.75) is 6.42 Å². The van der Waals surface area contributed by atoms with Gasteiger partial charge in [0.05, 0.1) is 25.2 Å². The van der Waals surface area contributed by atoms with Crippen LogP contribution in [0.25, 0.3) is 0 Å². The van der Waals surface area contributed by atoms with Gasteiger partial charge in [-0.25, -0.2) is 4.98 Å². The molecule has 0 atom stereocenters. The average Bonchev–Trinajstić information content (AvgIpc) is 2.94. The van der Waals surface area contributed by atoms with Crippen LogP contribution >= 0.6 is 0 Å². The van der Waals surface area contributed by atoms with E-state index in [2.05, 4.69) is 21.3 Å². The predicted octanol–water partition coefficient (Wildman–Crippen LogP) is 4.41. The molecular formula is C22H23N3O3. The Kier molecular flexibility index (Phi) is 5.58. The second-order valence-electron chi connectivity index (χ2n) is 6.59. The molecule has 0 spiro atoms. The largest absolute Gasteiger partial charge is 0.512 e. The first-order valence-corrected chi connectivity index (χ1v) is 9.36. The highest BCUT2D eigenvalue weighted by Gasteiger charge is 2.12. The molecule has 0 unspecified atom stereocenters. The molecule has 144 valence electrons. The second kappa shape index (κ2) is 8.63. The van der Waals surface area contributed by atoms with Gasteiger partial charge in [0.15, 0.2) is 0 Å². The molecule has 28 heavy (non-hydrogen) atoms. The molecule has 0 amide bonds.